The minimum Gasteiger partial charge on any atom is -0.416 e. The Bertz CT molecular complexity index is 899. The topological polar surface area (TPSA) is 68.0 Å². The van der Waals surface area contributed by atoms with Crippen molar-refractivity contribution in [1.82, 2.24) is 10.2 Å². The van der Waals surface area contributed by atoms with E-state index >= 15 is 0 Å². The van der Waals surface area contributed by atoms with Crippen LogP contribution in [0.1, 0.15) is 23.9 Å². The number of anilines is 1. The third-order valence-electron chi connectivity index (χ3n) is 3.73. The number of benzene rings is 2. The first-order chi connectivity index (χ1) is 12.5. The monoisotopic (exact) mass is 371 g/mol. The average Bonchev–Trinajstić information content (AvgIpc) is 3.06. The first kappa shape index (κ1) is 18.1. The van der Waals surface area contributed by atoms with Crippen molar-refractivity contribution in [2.24, 2.45) is 0 Å². The number of carbonyl (C=O) groups is 1. The Morgan fingerprint density at radius 2 is 2.00 bits per heavy atom. The number of carbonyl (C=O) groups excluding carboxylic acids is 1. The molecule has 0 aliphatic rings. The minimum absolute atomic E-state index is 0.263. The Morgan fingerprint density at radius 3 is 2.73 bits per heavy atom. The smallest absolute Gasteiger partial charge is 0.277 e. The van der Waals surface area contributed by atoms with Gasteiger partial charge in [0, 0.05) is 5.69 Å². The van der Waals surface area contributed by atoms with Gasteiger partial charge in [-0.2, -0.15) is 0 Å². The Balaban J connectivity index is 1.58. The summed E-state index contributed by atoms with van der Waals surface area (Å²) < 4.78 is 19.2. The van der Waals surface area contributed by atoms with Crippen molar-refractivity contribution < 1.29 is 13.6 Å². The molecule has 7 heteroatoms. The number of thioether (sulfide) groups is 1. The molecule has 0 radical (unpaired) electrons. The fourth-order valence-corrected chi connectivity index (χ4v) is 2.95. The predicted octanol–water partition coefficient (Wildman–Crippen LogP) is 4.23. The van der Waals surface area contributed by atoms with Crippen LogP contribution in [0.4, 0.5) is 10.1 Å². The number of rotatable bonds is 6. The van der Waals surface area contributed by atoms with Crippen LogP contribution in [0.3, 0.4) is 0 Å². The van der Waals surface area contributed by atoms with Gasteiger partial charge in [0.15, 0.2) is 0 Å². The molecule has 0 aliphatic carbocycles. The molecule has 0 spiro atoms. The predicted molar refractivity (Wildman–Crippen MR) is 98.6 cm³/mol. The van der Waals surface area contributed by atoms with Crippen molar-refractivity contribution in [2.75, 3.05) is 5.32 Å². The van der Waals surface area contributed by atoms with Crippen molar-refractivity contribution in [1.29, 1.82) is 0 Å². The highest BCUT2D eigenvalue weighted by Gasteiger charge is 2.19. The summed E-state index contributed by atoms with van der Waals surface area (Å²) in [5.74, 6) is -0.126. The van der Waals surface area contributed by atoms with Gasteiger partial charge in [0.1, 0.15) is 5.82 Å². The molecular formula is C19H18FN3O2S. The molecule has 0 saturated carbocycles. The zero-order valence-corrected chi connectivity index (χ0v) is 15.2. The maximum absolute atomic E-state index is 13.6. The van der Waals surface area contributed by atoms with E-state index in [1.165, 1.54) is 6.07 Å². The van der Waals surface area contributed by atoms with Crippen molar-refractivity contribution in [2.45, 2.75) is 30.7 Å². The second kappa shape index (κ2) is 8.14. The highest BCUT2D eigenvalue weighted by Crippen LogP contribution is 2.24. The van der Waals surface area contributed by atoms with Gasteiger partial charge in [-0.1, -0.05) is 48.2 Å². The van der Waals surface area contributed by atoms with Crippen LogP contribution in [0.25, 0.3) is 0 Å². The molecule has 3 rings (SSSR count). The van der Waals surface area contributed by atoms with Crippen LogP contribution in [0.15, 0.2) is 58.2 Å². The van der Waals surface area contributed by atoms with Crippen molar-refractivity contribution >= 4 is 23.4 Å². The van der Waals surface area contributed by atoms with Gasteiger partial charge in [-0.05, 0) is 37.1 Å². The molecule has 1 N–H and O–H groups in total. The van der Waals surface area contributed by atoms with E-state index in [9.17, 15) is 9.18 Å². The summed E-state index contributed by atoms with van der Waals surface area (Å²) in [5, 5.41) is 10.5. The van der Waals surface area contributed by atoms with Gasteiger partial charge in [-0.3, -0.25) is 4.79 Å². The lowest BCUT2D eigenvalue weighted by Gasteiger charge is -2.10. The lowest BCUT2D eigenvalue weighted by atomic mass is 10.2. The van der Waals surface area contributed by atoms with Crippen LogP contribution in [0, 0.1) is 12.7 Å². The molecule has 0 aliphatic heterocycles. The van der Waals surface area contributed by atoms with Crippen LogP contribution in [0.5, 0.6) is 0 Å². The lowest BCUT2D eigenvalue weighted by molar-refractivity contribution is -0.115. The minimum atomic E-state index is -0.468. The fourth-order valence-electron chi connectivity index (χ4n) is 2.25. The lowest BCUT2D eigenvalue weighted by Crippen LogP contribution is -2.22. The zero-order valence-electron chi connectivity index (χ0n) is 14.4. The normalized spacial score (nSPS) is 12.0. The number of hydrogen-bond acceptors (Lipinski definition) is 5. The summed E-state index contributed by atoms with van der Waals surface area (Å²) in [5.41, 5.74) is 2.02. The largest absolute Gasteiger partial charge is 0.416 e. The Labute approximate surface area is 155 Å². The van der Waals surface area contributed by atoms with Gasteiger partial charge in [-0.25, -0.2) is 4.39 Å². The number of amides is 1. The summed E-state index contributed by atoms with van der Waals surface area (Å²) in [6, 6.07) is 14.4. The maximum Gasteiger partial charge on any atom is 0.277 e. The van der Waals surface area contributed by atoms with E-state index in [2.05, 4.69) is 15.5 Å². The fraction of sp³-hybridized carbons (Fsp3) is 0.211. The Hall–Kier alpha value is -2.67. The van der Waals surface area contributed by atoms with Crippen molar-refractivity contribution in [3.8, 4) is 0 Å². The molecule has 0 fully saturated rings. The van der Waals surface area contributed by atoms with E-state index in [4.69, 9.17) is 4.42 Å². The summed E-state index contributed by atoms with van der Waals surface area (Å²) >= 11 is 1.16. The SMILES string of the molecule is Cc1ccc(NC(=O)[C@H](C)Sc2nnc(Cc3ccccc3)o2)cc1F. The number of halogens is 1. The third-order valence-corrected chi connectivity index (χ3v) is 4.67. The van der Waals surface area contributed by atoms with E-state index in [1.54, 1.807) is 26.0 Å². The maximum atomic E-state index is 13.6. The second-order valence-corrected chi connectivity index (χ2v) is 7.13. The van der Waals surface area contributed by atoms with Gasteiger partial charge in [0.05, 0.1) is 11.7 Å². The Kier molecular flexibility index (Phi) is 5.68. The molecule has 0 bridgehead atoms. The van der Waals surface area contributed by atoms with Crippen LogP contribution in [0.2, 0.25) is 0 Å². The van der Waals surface area contributed by atoms with Crippen LogP contribution in [-0.2, 0) is 11.2 Å². The van der Waals surface area contributed by atoms with E-state index in [0.717, 1.165) is 17.3 Å². The third kappa shape index (κ3) is 4.70. The zero-order chi connectivity index (χ0) is 18.5. The molecule has 134 valence electrons. The Morgan fingerprint density at radius 1 is 1.23 bits per heavy atom. The molecular weight excluding hydrogens is 353 g/mol. The summed E-state index contributed by atoms with van der Waals surface area (Å²) in [6.45, 7) is 3.40. The second-order valence-electron chi connectivity index (χ2n) is 5.84. The van der Waals surface area contributed by atoms with Gasteiger partial charge < -0.3 is 9.73 Å². The highest BCUT2D eigenvalue weighted by molar-refractivity contribution is 8.00. The van der Waals surface area contributed by atoms with Crippen molar-refractivity contribution in [3.05, 3.63) is 71.4 Å². The van der Waals surface area contributed by atoms with Crippen LogP contribution >= 0.6 is 11.8 Å². The van der Waals surface area contributed by atoms with Gasteiger partial charge in [0.2, 0.25) is 11.8 Å². The van der Waals surface area contributed by atoms with E-state index < -0.39 is 5.25 Å². The molecule has 5 nitrogen and oxygen atoms in total. The first-order valence-corrected chi connectivity index (χ1v) is 8.99. The highest BCUT2D eigenvalue weighted by atomic mass is 32.2. The summed E-state index contributed by atoms with van der Waals surface area (Å²) in [6.07, 6.45) is 0.539. The number of hydrogen-bond donors (Lipinski definition) is 1. The standard InChI is InChI=1S/C19H18FN3O2S/c1-12-8-9-15(11-16(12)20)21-18(24)13(2)26-19-23-22-17(25-19)10-14-6-4-3-5-7-14/h3-9,11,13H,10H2,1-2H3,(H,21,24)/t13-/m0/s1. The molecule has 26 heavy (non-hydrogen) atoms. The molecule has 1 aromatic heterocycles. The average molecular weight is 371 g/mol. The molecule has 3 aromatic rings. The number of nitrogens with one attached hydrogen (secondary N) is 1. The van der Waals surface area contributed by atoms with Crippen LogP contribution < -0.4 is 5.32 Å². The van der Waals surface area contributed by atoms with Crippen molar-refractivity contribution in [3.63, 3.8) is 0 Å². The van der Waals surface area contributed by atoms with Crippen LogP contribution in [-0.4, -0.2) is 21.4 Å². The van der Waals surface area contributed by atoms with E-state index in [1.807, 2.05) is 30.3 Å². The number of aromatic nitrogens is 2. The van der Waals surface area contributed by atoms with E-state index in [-0.39, 0.29) is 11.7 Å². The molecule has 0 saturated heterocycles. The number of aryl methyl sites for hydroxylation is 1. The van der Waals surface area contributed by atoms with Gasteiger partial charge in [-0.15, -0.1) is 10.2 Å². The summed E-state index contributed by atoms with van der Waals surface area (Å²) in [4.78, 5) is 12.3. The van der Waals surface area contributed by atoms with Gasteiger partial charge >= 0.3 is 0 Å². The summed E-state index contributed by atoms with van der Waals surface area (Å²) in [7, 11) is 0. The molecule has 1 amide bonds. The quantitative estimate of drug-likeness (QED) is 0.657. The molecule has 1 heterocycles. The molecule has 1 atom stereocenters. The molecule has 0 unspecified atom stereocenters. The van der Waals surface area contributed by atoms with E-state index in [0.29, 0.717) is 28.8 Å². The molecule has 2 aromatic carbocycles. The van der Waals surface area contributed by atoms with Gasteiger partial charge in [0.25, 0.3) is 5.22 Å². The first-order valence-electron chi connectivity index (χ1n) is 8.11. The number of nitrogens with zero attached hydrogens (tertiary/aromatic N) is 2.